The molecule has 5 heteroatoms. The Morgan fingerprint density at radius 2 is 1.20 bits per heavy atom. The van der Waals surface area contributed by atoms with Crippen LogP contribution >= 0.6 is 42.7 Å². The van der Waals surface area contributed by atoms with Gasteiger partial charge in [-0.05, 0) is 0 Å². The van der Waals surface area contributed by atoms with E-state index < -0.39 is 9.84 Å². The average Bonchev–Trinajstić information content (AvgIpc) is 0.722. The second-order valence-corrected chi connectivity index (χ2v) is 20.8. The summed E-state index contributed by atoms with van der Waals surface area (Å²) in [6, 6.07) is 0. The first-order valence-electron chi connectivity index (χ1n) is 0.504. The molecule has 0 aliphatic carbocycles. The fourth-order valence-corrected chi connectivity index (χ4v) is 0. The monoisotopic (exact) mass is 287 g/mol. The van der Waals surface area contributed by atoms with Crippen LogP contribution in [0.1, 0.15) is 0 Å². The molecular formula is BrCl3Rh. The maximum atomic E-state index is 5.14. The maximum absolute atomic E-state index is 5.14. The number of hydrogen-bond donors (Lipinski definition) is 0. The Labute approximate surface area is 52.1 Å². The summed E-state index contributed by atoms with van der Waals surface area (Å²) < 4.78 is 0. The molecule has 0 nitrogen and oxygen atoms in total. The van der Waals surface area contributed by atoms with Crippen molar-refractivity contribution in [2.24, 2.45) is 0 Å². The average molecular weight is 289 g/mol. The summed E-state index contributed by atoms with van der Waals surface area (Å²) in [4.78, 5) is 0. The van der Waals surface area contributed by atoms with Gasteiger partial charge in [0.2, 0.25) is 0 Å². The summed E-state index contributed by atoms with van der Waals surface area (Å²) in [6.07, 6.45) is 0. The van der Waals surface area contributed by atoms with Gasteiger partial charge in [-0.25, -0.2) is 0 Å². The van der Waals surface area contributed by atoms with E-state index in [2.05, 4.69) is 13.6 Å². The van der Waals surface area contributed by atoms with Crippen molar-refractivity contribution in [3.8, 4) is 0 Å². The molecule has 0 radical (unpaired) electrons. The van der Waals surface area contributed by atoms with E-state index in [0.717, 1.165) is 0 Å². The summed E-state index contributed by atoms with van der Waals surface area (Å²) in [5.74, 6) is 0. The zero-order chi connectivity index (χ0) is 4.50. The van der Waals surface area contributed by atoms with Crippen molar-refractivity contribution >= 4 is 42.7 Å². The van der Waals surface area contributed by atoms with Crippen LogP contribution in [0.3, 0.4) is 0 Å². The van der Waals surface area contributed by atoms with E-state index in [4.69, 9.17) is 29.1 Å². The van der Waals surface area contributed by atoms with Gasteiger partial charge >= 0.3 is 52.5 Å². The summed E-state index contributed by atoms with van der Waals surface area (Å²) in [7, 11) is 12.9. The minimum absolute atomic E-state index is 2.55. The zero-order valence-corrected chi connectivity index (χ0v) is 7.34. The van der Waals surface area contributed by atoms with Crippen LogP contribution in [0.4, 0.5) is 0 Å². The summed E-state index contributed by atoms with van der Waals surface area (Å²) in [6.45, 7) is 0. The van der Waals surface area contributed by atoms with E-state index in [-0.39, 0.29) is 0 Å². The molecule has 0 bridgehead atoms. The van der Waals surface area contributed by atoms with Gasteiger partial charge in [-0.15, -0.1) is 0 Å². The molecular weight excluding hydrogens is 289 g/mol. The first-order chi connectivity index (χ1) is 2.00. The van der Waals surface area contributed by atoms with Crippen LogP contribution in [0.2, 0.25) is 0 Å². The molecule has 0 unspecified atom stereocenters. The predicted octanol–water partition coefficient (Wildman–Crippen LogP) is 2.91. The Morgan fingerprint density at radius 1 is 1.20 bits per heavy atom. The standard InChI is InChI=1S/BrH.3ClH.Rh/h4*1H;/q;;;;+4/p-4. The van der Waals surface area contributed by atoms with Crippen molar-refractivity contribution in [2.45, 2.75) is 0 Å². The number of halogens is 4. The third-order valence-electron chi connectivity index (χ3n) is 0. The first-order valence-corrected chi connectivity index (χ1v) is 10.6. The molecule has 0 fully saturated rings. The molecule has 0 N–H and O–H groups in total. The molecule has 0 saturated heterocycles. The second-order valence-electron chi connectivity index (χ2n) is 0.286. The van der Waals surface area contributed by atoms with E-state index in [9.17, 15) is 0 Å². The van der Waals surface area contributed by atoms with Gasteiger partial charge in [0, 0.05) is 0 Å². The Balaban J connectivity index is 3.02. The Morgan fingerprint density at radius 3 is 1.20 bits per heavy atom. The molecule has 0 aromatic heterocycles. The van der Waals surface area contributed by atoms with Crippen molar-refractivity contribution < 1.29 is 9.84 Å². The molecule has 0 heterocycles. The molecule has 37 valence electrons. The molecule has 0 aromatic carbocycles. The van der Waals surface area contributed by atoms with Crippen LogP contribution in [0.15, 0.2) is 0 Å². The van der Waals surface area contributed by atoms with Crippen LogP contribution in [-0.4, -0.2) is 0 Å². The van der Waals surface area contributed by atoms with Gasteiger partial charge < -0.3 is 0 Å². The third kappa shape index (κ3) is 24.2. The van der Waals surface area contributed by atoms with E-state index >= 15 is 0 Å². The molecule has 5 heavy (non-hydrogen) atoms. The van der Waals surface area contributed by atoms with Gasteiger partial charge in [-0.3, -0.25) is 0 Å². The molecule has 0 spiro atoms. The Bertz CT molecular complexity index is 22.4. The number of hydrogen-bond acceptors (Lipinski definition) is 0. The summed E-state index contributed by atoms with van der Waals surface area (Å²) in [5, 5.41) is 0. The quantitative estimate of drug-likeness (QED) is 0.602. The van der Waals surface area contributed by atoms with Crippen molar-refractivity contribution in [1.82, 2.24) is 0 Å². The topological polar surface area (TPSA) is 0 Å². The van der Waals surface area contributed by atoms with Crippen LogP contribution in [0.5, 0.6) is 0 Å². The molecule has 0 rings (SSSR count). The molecule has 0 aliphatic rings. The summed E-state index contributed by atoms with van der Waals surface area (Å²) >= 11 is 2.83. The van der Waals surface area contributed by atoms with E-state index in [1.54, 1.807) is 0 Å². The third-order valence-corrected chi connectivity index (χ3v) is 0. The fraction of sp³-hybridized carbons (Fsp3) is 0. The van der Waals surface area contributed by atoms with Crippen LogP contribution in [-0.2, 0) is 9.84 Å². The molecule has 0 aliphatic heterocycles. The predicted molar refractivity (Wildman–Crippen MR) is 26.5 cm³/mol. The van der Waals surface area contributed by atoms with Crippen LogP contribution < -0.4 is 0 Å². The van der Waals surface area contributed by atoms with E-state index in [1.165, 1.54) is 0 Å². The zero-order valence-electron chi connectivity index (χ0n) is 1.85. The Kier molecular flexibility index (Phi) is 3.24. The van der Waals surface area contributed by atoms with Crippen molar-refractivity contribution in [1.29, 1.82) is 0 Å². The fourth-order valence-electron chi connectivity index (χ4n) is 0. The van der Waals surface area contributed by atoms with Crippen molar-refractivity contribution in [3.05, 3.63) is 0 Å². The minimum atomic E-state index is -2.55. The molecule has 0 saturated carbocycles. The molecule has 0 atom stereocenters. The van der Waals surface area contributed by atoms with Crippen molar-refractivity contribution in [3.63, 3.8) is 0 Å². The van der Waals surface area contributed by atoms with Gasteiger partial charge in [0.05, 0.1) is 0 Å². The van der Waals surface area contributed by atoms with Crippen LogP contribution in [0, 0.1) is 0 Å². The molecule has 0 amide bonds. The molecule has 0 aromatic rings. The van der Waals surface area contributed by atoms with Gasteiger partial charge in [-0.2, -0.15) is 0 Å². The first kappa shape index (κ1) is 6.97. The SMILES string of the molecule is [Cl][Rh]([Cl])([Cl])[Br]. The second kappa shape index (κ2) is 2.32. The van der Waals surface area contributed by atoms with E-state index in [0.29, 0.717) is 0 Å². The van der Waals surface area contributed by atoms with Gasteiger partial charge in [0.25, 0.3) is 0 Å². The van der Waals surface area contributed by atoms with Gasteiger partial charge in [0.1, 0.15) is 0 Å². The van der Waals surface area contributed by atoms with Crippen LogP contribution in [0.25, 0.3) is 0 Å². The van der Waals surface area contributed by atoms with Crippen molar-refractivity contribution in [2.75, 3.05) is 0 Å². The Hall–Kier alpha value is 1.97. The summed E-state index contributed by atoms with van der Waals surface area (Å²) in [5.41, 5.74) is 0. The van der Waals surface area contributed by atoms with Gasteiger partial charge in [0.15, 0.2) is 0 Å². The van der Waals surface area contributed by atoms with E-state index in [1.807, 2.05) is 0 Å². The normalized spacial score (nSPS) is 15.2. The number of rotatable bonds is 0. The van der Waals surface area contributed by atoms with Gasteiger partial charge in [-0.1, -0.05) is 0 Å².